The Morgan fingerprint density at radius 2 is 2.26 bits per heavy atom. The molecule has 1 aromatic carbocycles. The summed E-state index contributed by atoms with van der Waals surface area (Å²) >= 11 is 0. The predicted octanol–water partition coefficient (Wildman–Crippen LogP) is 2.02. The minimum Gasteiger partial charge on any atom is -0.480 e. The monoisotopic (exact) mass is 263 g/mol. The van der Waals surface area contributed by atoms with E-state index < -0.39 is 12.0 Å². The molecule has 0 aliphatic rings. The lowest BCUT2D eigenvalue weighted by Gasteiger charge is -2.06. The van der Waals surface area contributed by atoms with Crippen LogP contribution in [0.4, 0.5) is 4.39 Å². The summed E-state index contributed by atoms with van der Waals surface area (Å²) in [4.78, 5) is 13.9. The molecule has 2 aromatic rings. The number of hydrogen-bond donors (Lipinski definition) is 3. The number of nitrogens with two attached hydrogens (primary N) is 1. The van der Waals surface area contributed by atoms with Gasteiger partial charge in [0, 0.05) is 23.5 Å². The molecule has 0 amide bonds. The highest BCUT2D eigenvalue weighted by molar-refractivity contribution is 5.85. The Hall–Kier alpha value is -1.88. The van der Waals surface area contributed by atoms with Crippen molar-refractivity contribution in [1.29, 1.82) is 0 Å². The minimum absolute atomic E-state index is 0.280. The molecule has 2 rings (SSSR count). The molecule has 0 aliphatic carbocycles. The van der Waals surface area contributed by atoms with Gasteiger partial charge in [-0.1, -0.05) is 6.07 Å². The summed E-state index contributed by atoms with van der Waals surface area (Å²) in [5.41, 5.74) is 8.43. The van der Waals surface area contributed by atoms with Gasteiger partial charge in [-0.3, -0.25) is 9.18 Å². The van der Waals surface area contributed by atoms with Crippen LogP contribution in [0.2, 0.25) is 0 Å². The first-order valence-corrected chi connectivity index (χ1v) is 6.25. The zero-order chi connectivity index (χ0) is 13.8. The first-order chi connectivity index (χ1) is 9.11. The smallest absolute Gasteiger partial charge is 0.320 e. The van der Waals surface area contributed by atoms with Gasteiger partial charge < -0.3 is 15.8 Å². The van der Waals surface area contributed by atoms with Crippen molar-refractivity contribution in [3.63, 3.8) is 0 Å². The molecule has 1 heterocycles. The quantitative estimate of drug-likeness (QED) is 0.746. The summed E-state index contributed by atoms with van der Waals surface area (Å²) in [6.45, 7) is -0.331. The Morgan fingerprint density at radius 3 is 2.95 bits per heavy atom. The average Bonchev–Trinajstić information content (AvgIpc) is 2.79. The minimum atomic E-state index is -1.01. The summed E-state index contributed by atoms with van der Waals surface area (Å²) in [6, 6.07) is 4.95. The zero-order valence-corrected chi connectivity index (χ0v) is 10.5. The third-order valence-electron chi connectivity index (χ3n) is 3.19. The Kier molecular flexibility index (Phi) is 4.16. The fraction of sp³-hybridized carbons (Fsp3) is 0.357. The SMILES string of the molecule is N[C@@H](Cc1c[nH]c2ccc(CCC[18F])cc12)C(=O)O. The molecular weight excluding hydrogens is 246 g/mol. The molecule has 0 aliphatic heterocycles. The van der Waals surface area contributed by atoms with Crippen molar-refractivity contribution in [1.82, 2.24) is 4.98 Å². The third kappa shape index (κ3) is 3.12. The number of aryl methyl sites for hydroxylation is 1. The number of carbonyl (C=O) groups is 1. The average molecular weight is 263 g/mol. The third-order valence-corrected chi connectivity index (χ3v) is 3.19. The van der Waals surface area contributed by atoms with Crippen molar-refractivity contribution in [3.8, 4) is 0 Å². The molecule has 5 heteroatoms. The van der Waals surface area contributed by atoms with E-state index in [0.29, 0.717) is 12.8 Å². The van der Waals surface area contributed by atoms with E-state index in [4.69, 9.17) is 10.8 Å². The molecule has 0 bridgehead atoms. The first kappa shape index (κ1) is 13.5. The number of aliphatic carboxylic acids is 1. The normalized spacial score (nSPS) is 12.7. The number of benzene rings is 1. The second-order valence-electron chi connectivity index (χ2n) is 4.64. The van der Waals surface area contributed by atoms with Crippen molar-refractivity contribution in [2.75, 3.05) is 6.67 Å². The van der Waals surface area contributed by atoms with E-state index in [0.717, 1.165) is 22.0 Å². The van der Waals surface area contributed by atoms with Crippen molar-refractivity contribution >= 4 is 16.9 Å². The molecule has 0 saturated heterocycles. The second kappa shape index (κ2) is 5.84. The fourth-order valence-corrected chi connectivity index (χ4v) is 2.15. The molecule has 1 atom stereocenters. The van der Waals surface area contributed by atoms with Gasteiger partial charge in [-0.15, -0.1) is 0 Å². The van der Waals surface area contributed by atoms with Gasteiger partial charge in [0.25, 0.3) is 0 Å². The van der Waals surface area contributed by atoms with E-state index >= 15 is 0 Å². The van der Waals surface area contributed by atoms with Crippen LogP contribution in [0.25, 0.3) is 10.9 Å². The number of nitrogens with one attached hydrogen (secondary N) is 1. The molecule has 4 nitrogen and oxygen atoms in total. The van der Waals surface area contributed by atoms with E-state index in [2.05, 4.69) is 4.98 Å². The van der Waals surface area contributed by atoms with Gasteiger partial charge in [-0.25, -0.2) is 0 Å². The van der Waals surface area contributed by atoms with Gasteiger partial charge >= 0.3 is 5.97 Å². The molecular formula is C14H17FN2O2. The largest absolute Gasteiger partial charge is 0.480 e. The van der Waals surface area contributed by atoms with Crippen LogP contribution in [0.5, 0.6) is 0 Å². The molecule has 1 aromatic heterocycles. The van der Waals surface area contributed by atoms with Crippen molar-refractivity contribution in [3.05, 3.63) is 35.5 Å². The number of H-pyrrole nitrogens is 1. The number of fused-ring (bicyclic) bond motifs is 1. The van der Waals surface area contributed by atoms with Crippen molar-refractivity contribution < 1.29 is 14.3 Å². The Bertz CT molecular complexity index is 580. The highest BCUT2D eigenvalue weighted by atomic mass is 18.2. The van der Waals surface area contributed by atoms with Crippen LogP contribution in [-0.4, -0.2) is 28.8 Å². The molecule has 0 radical (unpaired) electrons. The Balaban J connectivity index is 2.26. The standard InChI is InChI=1S/C14H17FN2O2/c15-5-1-2-9-3-4-13-11(6-9)10(8-17-13)7-12(16)14(18)19/h3-4,6,8,12,17H,1-2,5,7,16H2,(H,18,19)/t12-/m0/s1/i15-1. The predicted molar refractivity (Wildman–Crippen MR) is 71.9 cm³/mol. The molecule has 0 saturated carbocycles. The molecule has 0 unspecified atom stereocenters. The highest BCUT2D eigenvalue weighted by Gasteiger charge is 2.14. The van der Waals surface area contributed by atoms with Gasteiger partial charge in [0.1, 0.15) is 6.04 Å². The van der Waals surface area contributed by atoms with E-state index in [1.54, 1.807) is 6.20 Å². The summed E-state index contributed by atoms with van der Waals surface area (Å²) in [7, 11) is 0. The lowest BCUT2D eigenvalue weighted by Crippen LogP contribution is -2.32. The number of aromatic nitrogens is 1. The highest BCUT2D eigenvalue weighted by Crippen LogP contribution is 2.21. The number of halogens is 1. The van der Waals surface area contributed by atoms with Crippen LogP contribution >= 0.6 is 0 Å². The second-order valence-corrected chi connectivity index (χ2v) is 4.64. The lowest BCUT2D eigenvalue weighted by molar-refractivity contribution is -0.138. The molecule has 4 N–H and O–H groups in total. The van der Waals surface area contributed by atoms with Gasteiger partial charge in [-0.2, -0.15) is 0 Å². The van der Waals surface area contributed by atoms with Crippen LogP contribution in [0.3, 0.4) is 0 Å². The van der Waals surface area contributed by atoms with Crippen molar-refractivity contribution in [2.24, 2.45) is 5.73 Å². The topological polar surface area (TPSA) is 79.1 Å². The summed E-state index contributed by atoms with van der Waals surface area (Å²) in [6.07, 6.45) is 3.25. The van der Waals surface area contributed by atoms with E-state index in [1.165, 1.54) is 0 Å². The molecule has 102 valence electrons. The number of carboxylic acid groups (broad SMARTS) is 1. The van der Waals surface area contributed by atoms with Gasteiger partial charge in [0.2, 0.25) is 0 Å². The Labute approximate surface area is 110 Å². The van der Waals surface area contributed by atoms with E-state index in [9.17, 15) is 9.18 Å². The van der Waals surface area contributed by atoms with Gasteiger partial charge in [0.05, 0.1) is 6.67 Å². The first-order valence-electron chi connectivity index (χ1n) is 6.25. The number of rotatable bonds is 6. The van der Waals surface area contributed by atoms with Crippen LogP contribution in [0.15, 0.2) is 24.4 Å². The summed E-state index contributed by atoms with van der Waals surface area (Å²) < 4.78 is 12.2. The van der Waals surface area contributed by atoms with Crippen molar-refractivity contribution in [2.45, 2.75) is 25.3 Å². The van der Waals surface area contributed by atoms with Crippen LogP contribution in [-0.2, 0) is 17.6 Å². The molecule has 0 spiro atoms. The summed E-state index contributed by atoms with van der Waals surface area (Å²) in [5, 5.41) is 9.81. The number of carboxylic acids is 1. The maximum absolute atomic E-state index is 12.2. The van der Waals surface area contributed by atoms with Crippen LogP contribution < -0.4 is 5.73 Å². The van der Waals surface area contributed by atoms with Crippen LogP contribution in [0.1, 0.15) is 17.5 Å². The summed E-state index contributed by atoms with van der Waals surface area (Å²) in [5.74, 6) is -1.01. The van der Waals surface area contributed by atoms with Gasteiger partial charge in [0.15, 0.2) is 0 Å². The number of alkyl halides is 1. The van der Waals surface area contributed by atoms with E-state index in [1.807, 2.05) is 18.2 Å². The number of aromatic amines is 1. The van der Waals surface area contributed by atoms with Crippen LogP contribution in [0, 0.1) is 0 Å². The zero-order valence-electron chi connectivity index (χ0n) is 10.5. The van der Waals surface area contributed by atoms with Gasteiger partial charge in [-0.05, 0) is 36.1 Å². The number of hydrogen-bond acceptors (Lipinski definition) is 2. The molecule has 19 heavy (non-hydrogen) atoms. The lowest BCUT2D eigenvalue weighted by atomic mass is 10.0. The maximum atomic E-state index is 12.2. The maximum Gasteiger partial charge on any atom is 0.320 e. The van der Waals surface area contributed by atoms with E-state index in [-0.39, 0.29) is 13.1 Å². The molecule has 0 fully saturated rings. The fourth-order valence-electron chi connectivity index (χ4n) is 2.15. The Morgan fingerprint density at radius 1 is 1.47 bits per heavy atom.